The fourth-order valence-electron chi connectivity index (χ4n) is 3.23. The second-order valence-electron chi connectivity index (χ2n) is 7.47. The predicted octanol–water partition coefficient (Wildman–Crippen LogP) is 6.18. The number of allylic oxidation sites excluding steroid dienone is 1. The number of benzene rings is 2. The standard InChI is InChI=1S/C26H35NO4/c1-6-7-13-29-24-17-21(3)26(22(4)18-24)31-15-10-8-9-14-30-25-12-11-23(16-20(25)2)19-27-28-5/h6-7,11-12,16-19H,8-10,13-15H2,1-5H3/b7-6+,27-19?. The molecule has 0 heterocycles. The predicted molar refractivity (Wildman–Crippen MR) is 127 cm³/mol. The Bertz CT molecular complexity index is 851. The molecule has 5 nitrogen and oxygen atoms in total. The van der Waals surface area contributed by atoms with Crippen LogP contribution in [-0.2, 0) is 4.84 Å². The third kappa shape index (κ3) is 8.36. The summed E-state index contributed by atoms with van der Waals surface area (Å²) in [6, 6.07) is 10.1. The van der Waals surface area contributed by atoms with Crippen LogP contribution < -0.4 is 14.2 Å². The van der Waals surface area contributed by atoms with Gasteiger partial charge in [0.1, 0.15) is 31.0 Å². The molecule has 2 aromatic carbocycles. The minimum atomic E-state index is 0.587. The number of ether oxygens (including phenoxy) is 3. The zero-order valence-electron chi connectivity index (χ0n) is 19.4. The van der Waals surface area contributed by atoms with E-state index in [0.717, 1.165) is 58.8 Å². The third-order valence-electron chi connectivity index (χ3n) is 4.81. The molecule has 0 radical (unpaired) electrons. The molecule has 0 aliphatic rings. The molecule has 0 unspecified atom stereocenters. The van der Waals surface area contributed by atoms with Crippen LogP contribution in [0.5, 0.6) is 17.2 Å². The molecule has 0 N–H and O–H groups in total. The van der Waals surface area contributed by atoms with Gasteiger partial charge < -0.3 is 19.0 Å². The summed E-state index contributed by atoms with van der Waals surface area (Å²) in [4.78, 5) is 4.71. The number of aryl methyl sites for hydroxylation is 3. The molecule has 2 aromatic rings. The van der Waals surface area contributed by atoms with E-state index in [1.165, 1.54) is 7.11 Å². The number of hydrogen-bond donors (Lipinski definition) is 0. The van der Waals surface area contributed by atoms with Crippen LogP contribution in [0.3, 0.4) is 0 Å². The largest absolute Gasteiger partial charge is 0.493 e. The normalized spacial score (nSPS) is 11.3. The molecule has 0 amide bonds. The highest BCUT2D eigenvalue weighted by molar-refractivity contribution is 5.79. The maximum absolute atomic E-state index is 6.04. The molecule has 0 aromatic heterocycles. The molecule has 0 aliphatic carbocycles. The summed E-state index contributed by atoms with van der Waals surface area (Å²) < 4.78 is 17.7. The summed E-state index contributed by atoms with van der Waals surface area (Å²) in [5.74, 6) is 2.75. The van der Waals surface area contributed by atoms with E-state index in [1.807, 2.05) is 56.3 Å². The van der Waals surface area contributed by atoms with E-state index >= 15 is 0 Å². The summed E-state index contributed by atoms with van der Waals surface area (Å²) in [7, 11) is 1.53. The second-order valence-corrected chi connectivity index (χ2v) is 7.47. The summed E-state index contributed by atoms with van der Waals surface area (Å²) in [6.07, 6.45) is 8.70. The number of hydrogen-bond acceptors (Lipinski definition) is 5. The quantitative estimate of drug-likeness (QED) is 0.166. The van der Waals surface area contributed by atoms with Gasteiger partial charge in [-0.25, -0.2) is 0 Å². The van der Waals surface area contributed by atoms with Crippen LogP contribution in [0.4, 0.5) is 0 Å². The maximum Gasteiger partial charge on any atom is 0.125 e. The van der Waals surface area contributed by atoms with Gasteiger partial charge in [-0.3, -0.25) is 0 Å². The lowest BCUT2D eigenvalue weighted by molar-refractivity contribution is 0.215. The van der Waals surface area contributed by atoms with Crippen molar-refractivity contribution in [3.63, 3.8) is 0 Å². The number of rotatable bonds is 13. The van der Waals surface area contributed by atoms with Gasteiger partial charge in [-0.1, -0.05) is 17.3 Å². The van der Waals surface area contributed by atoms with Crippen LogP contribution in [0.15, 0.2) is 47.6 Å². The van der Waals surface area contributed by atoms with Crippen molar-refractivity contribution in [3.05, 3.63) is 64.7 Å². The van der Waals surface area contributed by atoms with Gasteiger partial charge in [-0.15, -0.1) is 0 Å². The average molecular weight is 426 g/mol. The highest BCUT2D eigenvalue weighted by atomic mass is 16.6. The van der Waals surface area contributed by atoms with Crippen LogP contribution >= 0.6 is 0 Å². The van der Waals surface area contributed by atoms with E-state index in [0.29, 0.717) is 19.8 Å². The molecule has 0 aliphatic heterocycles. The Hall–Kier alpha value is -2.95. The number of unbranched alkanes of at least 4 members (excludes halogenated alkanes) is 2. The van der Waals surface area contributed by atoms with Gasteiger partial charge in [0.2, 0.25) is 0 Å². The monoisotopic (exact) mass is 425 g/mol. The van der Waals surface area contributed by atoms with Gasteiger partial charge >= 0.3 is 0 Å². The van der Waals surface area contributed by atoms with Crippen molar-refractivity contribution >= 4 is 6.21 Å². The first kappa shape index (κ1) is 24.3. The first-order valence-corrected chi connectivity index (χ1v) is 10.8. The molecule has 31 heavy (non-hydrogen) atoms. The number of nitrogens with zero attached hydrogens (tertiary/aromatic N) is 1. The molecular weight excluding hydrogens is 390 g/mol. The Morgan fingerprint density at radius 3 is 2.19 bits per heavy atom. The molecule has 5 heteroatoms. The minimum absolute atomic E-state index is 0.587. The lowest BCUT2D eigenvalue weighted by Crippen LogP contribution is -2.04. The topological polar surface area (TPSA) is 49.3 Å². The molecule has 2 rings (SSSR count). The minimum Gasteiger partial charge on any atom is -0.493 e. The first-order valence-electron chi connectivity index (χ1n) is 10.8. The van der Waals surface area contributed by atoms with E-state index in [1.54, 1.807) is 6.21 Å². The number of oxime groups is 1. The lowest BCUT2D eigenvalue weighted by Gasteiger charge is -2.14. The van der Waals surface area contributed by atoms with Crippen LogP contribution in [0.1, 0.15) is 48.4 Å². The van der Waals surface area contributed by atoms with Crippen LogP contribution in [0, 0.1) is 20.8 Å². The van der Waals surface area contributed by atoms with E-state index in [9.17, 15) is 0 Å². The molecule has 0 atom stereocenters. The summed E-state index contributed by atoms with van der Waals surface area (Å²) >= 11 is 0. The fourth-order valence-corrected chi connectivity index (χ4v) is 3.23. The molecule has 0 saturated heterocycles. The maximum atomic E-state index is 6.04. The zero-order valence-corrected chi connectivity index (χ0v) is 19.4. The van der Waals surface area contributed by atoms with Crippen LogP contribution in [0.2, 0.25) is 0 Å². The van der Waals surface area contributed by atoms with Gasteiger partial charge in [0, 0.05) is 0 Å². The lowest BCUT2D eigenvalue weighted by atomic mass is 10.1. The summed E-state index contributed by atoms with van der Waals surface area (Å²) in [6.45, 7) is 10.1. The summed E-state index contributed by atoms with van der Waals surface area (Å²) in [5.41, 5.74) is 4.29. The van der Waals surface area contributed by atoms with Crippen LogP contribution in [-0.4, -0.2) is 33.1 Å². The summed E-state index contributed by atoms with van der Waals surface area (Å²) in [5, 5.41) is 3.78. The van der Waals surface area contributed by atoms with E-state index in [4.69, 9.17) is 19.0 Å². The fraction of sp³-hybridized carbons (Fsp3) is 0.423. The molecule has 0 spiro atoms. The molecule has 0 bridgehead atoms. The molecule has 0 saturated carbocycles. The Kier molecular flexibility index (Phi) is 10.5. The van der Waals surface area contributed by atoms with Crippen molar-refractivity contribution in [1.82, 2.24) is 0 Å². The van der Waals surface area contributed by atoms with Gasteiger partial charge in [0.05, 0.1) is 19.4 Å². The van der Waals surface area contributed by atoms with Crippen molar-refractivity contribution in [2.45, 2.75) is 47.0 Å². The highest BCUT2D eigenvalue weighted by Crippen LogP contribution is 2.28. The Morgan fingerprint density at radius 1 is 0.839 bits per heavy atom. The average Bonchev–Trinajstić information content (AvgIpc) is 2.74. The van der Waals surface area contributed by atoms with Crippen molar-refractivity contribution in [2.24, 2.45) is 5.16 Å². The van der Waals surface area contributed by atoms with Crippen LogP contribution in [0.25, 0.3) is 0 Å². The SMILES string of the molecule is C/C=C/COc1cc(C)c(OCCCCCOc2ccc(C=NOC)cc2C)c(C)c1. The highest BCUT2D eigenvalue weighted by Gasteiger charge is 2.07. The Balaban J connectivity index is 1.69. The van der Waals surface area contributed by atoms with Crippen molar-refractivity contribution < 1.29 is 19.0 Å². The smallest absolute Gasteiger partial charge is 0.125 e. The van der Waals surface area contributed by atoms with E-state index < -0.39 is 0 Å². The van der Waals surface area contributed by atoms with Gasteiger partial charge in [0.25, 0.3) is 0 Å². The van der Waals surface area contributed by atoms with Gasteiger partial charge in [-0.05, 0) is 99.5 Å². The van der Waals surface area contributed by atoms with Crippen molar-refractivity contribution in [1.29, 1.82) is 0 Å². The van der Waals surface area contributed by atoms with E-state index in [-0.39, 0.29) is 0 Å². The van der Waals surface area contributed by atoms with Gasteiger partial charge in [-0.2, -0.15) is 0 Å². The van der Waals surface area contributed by atoms with Gasteiger partial charge in [0.15, 0.2) is 0 Å². The Labute approximate surface area is 186 Å². The van der Waals surface area contributed by atoms with E-state index in [2.05, 4.69) is 19.0 Å². The zero-order chi connectivity index (χ0) is 22.5. The molecular formula is C26H35NO4. The van der Waals surface area contributed by atoms with Crippen molar-refractivity contribution in [2.75, 3.05) is 26.9 Å². The molecule has 0 fully saturated rings. The Morgan fingerprint density at radius 2 is 1.55 bits per heavy atom. The van der Waals surface area contributed by atoms with Crippen molar-refractivity contribution in [3.8, 4) is 17.2 Å². The first-order chi connectivity index (χ1) is 15.0. The molecule has 168 valence electrons. The third-order valence-corrected chi connectivity index (χ3v) is 4.81. The second kappa shape index (κ2) is 13.4.